The zero-order valence-electron chi connectivity index (χ0n) is 11.7. The van der Waals surface area contributed by atoms with Crippen LogP contribution in [0.4, 0.5) is 5.69 Å². The lowest BCUT2D eigenvalue weighted by Gasteiger charge is -2.28. The second-order valence-corrected chi connectivity index (χ2v) is 6.17. The van der Waals surface area contributed by atoms with Gasteiger partial charge in [-0.3, -0.25) is 19.8 Å². The van der Waals surface area contributed by atoms with Gasteiger partial charge in [-0.15, -0.1) is 11.3 Å². The lowest BCUT2D eigenvalue weighted by molar-refractivity contribution is -0.122. The van der Waals surface area contributed by atoms with Crippen molar-refractivity contribution in [3.63, 3.8) is 0 Å². The van der Waals surface area contributed by atoms with Gasteiger partial charge in [0.1, 0.15) is 5.57 Å². The fourth-order valence-electron chi connectivity index (χ4n) is 2.10. The van der Waals surface area contributed by atoms with Crippen LogP contribution in [0, 0.1) is 6.92 Å². The van der Waals surface area contributed by atoms with Crippen LogP contribution in [0.2, 0.25) is 0 Å². The van der Waals surface area contributed by atoms with Crippen LogP contribution in [-0.2, 0) is 9.59 Å². The van der Waals surface area contributed by atoms with Gasteiger partial charge < -0.3 is 0 Å². The Morgan fingerprint density at radius 1 is 1.18 bits per heavy atom. The Morgan fingerprint density at radius 2 is 1.91 bits per heavy atom. The number of nitrogens with one attached hydrogen (secondary N) is 1. The van der Waals surface area contributed by atoms with E-state index in [0.29, 0.717) is 5.69 Å². The van der Waals surface area contributed by atoms with E-state index < -0.39 is 11.8 Å². The van der Waals surface area contributed by atoms with Crippen molar-refractivity contribution in [2.24, 2.45) is 0 Å². The van der Waals surface area contributed by atoms with Crippen molar-refractivity contribution in [3.05, 3.63) is 57.8 Å². The molecule has 0 atom stereocenters. The van der Waals surface area contributed by atoms with Gasteiger partial charge in [0.15, 0.2) is 5.11 Å². The topological polar surface area (TPSA) is 49.4 Å². The SMILES string of the molecule is Cc1ccc(N2C(=O)/C(=C/c3cccs3)C(=O)NC2=S)cc1. The zero-order valence-corrected chi connectivity index (χ0v) is 13.3. The van der Waals surface area contributed by atoms with Gasteiger partial charge in [-0.05, 0) is 48.8 Å². The number of hydrogen-bond donors (Lipinski definition) is 1. The number of aryl methyl sites for hydroxylation is 1. The molecule has 1 aliphatic heterocycles. The molecule has 4 nitrogen and oxygen atoms in total. The molecule has 0 aliphatic carbocycles. The molecule has 0 unspecified atom stereocenters. The molecule has 0 spiro atoms. The Labute approximate surface area is 137 Å². The first-order valence-electron chi connectivity index (χ1n) is 6.58. The third kappa shape index (κ3) is 2.70. The molecule has 1 fully saturated rings. The van der Waals surface area contributed by atoms with Crippen LogP contribution in [0.3, 0.4) is 0 Å². The van der Waals surface area contributed by atoms with Gasteiger partial charge in [-0.2, -0.15) is 0 Å². The van der Waals surface area contributed by atoms with Crippen molar-refractivity contribution in [1.82, 2.24) is 5.32 Å². The molecular weight excluding hydrogens is 316 g/mol. The Hall–Kier alpha value is -2.31. The van der Waals surface area contributed by atoms with E-state index in [9.17, 15) is 9.59 Å². The van der Waals surface area contributed by atoms with Crippen molar-refractivity contribution in [2.75, 3.05) is 4.90 Å². The molecule has 2 aromatic rings. The summed E-state index contributed by atoms with van der Waals surface area (Å²) in [6.45, 7) is 1.96. The highest BCUT2D eigenvalue weighted by molar-refractivity contribution is 7.80. The number of rotatable bonds is 2. The van der Waals surface area contributed by atoms with Crippen LogP contribution in [0.25, 0.3) is 6.08 Å². The van der Waals surface area contributed by atoms with Crippen LogP contribution < -0.4 is 10.2 Å². The monoisotopic (exact) mass is 328 g/mol. The molecule has 0 saturated carbocycles. The van der Waals surface area contributed by atoms with Crippen molar-refractivity contribution in [1.29, 1.82) is 0 Å². The lowest BCUT2D eigenvalue weighted by Crippen LogP contribution is -2.54. The molecule has 22 heavy (non-hydrogen) atoms. The average molecular weight is 328 g/mol. The van der Waals surface area contributed by atoms with E-state index >= 15 is 0 Å². The first-order valence-corrected chi connectivity index (χ1v) is 7.86. The summed E-state index contributed by atoms with van der Waals surface area (Å²) in [5, 5.41) is 4.56. The van der Waals surface area contributed by atoms with Gasteiger partial charge in [-0.25, -0.2) is 0 Å². The predicted molar refractivity (Wildman–Crippen MR) is 91.7 cm³/mol. The van der Waals surface area contributed by atoms with E-state index in [0.717, 1.165) is 10.4 Å². The first-order chi connectivity index (χ1) is 10.6. The molecule has 0 bridgehead atoms. The van der Waals surface area contributed by atoms with Crippen molar-refractivity contribution in [3.8, 4) is 0 Å². The Kier molecular flexibility index (Phi) is 3.87. The maximum atomic E-state index is 12.7. The van der Waals surface area contributed by atoms with E-state index in [1.165, 1.54) is 16.2 Å². The average Bonchev–Trinajstić information content (AvgIpc) is 2.98. The number of hydrogen-bond acceptors (Lipinski definition) is 4. The van der Waals surface area contributed by atoms with Crippen LogP contribution in [0.5, 0.6) is 0 Å². The van der Waals surface area contributed by atoms with Crippen molar-refractivity contribution >= 4 is 52.2 Å². The summed E-state index contributed by atoms with van der Waals surface area (Å²) >= 11 is 6.61. The molecule has 6 heteroatoms. The molecule has 110 valence electrons. The highest BCUT2D eigenvalue weighted by Crippen LogP contribution is 2.23. The third-order valence-corrected chi connectivity index (χ3v) is 4.33. The summed E-state index contributed by atoms with van der Waals surface area (Å²) in [4.78, 5) is 26.9. The fourth-order valence-corrected chi connectivity index (χ4v) is 3.04. The molecule has 1 aliphatic rings. The Balaban J connectivity index is 2.01. The smallest absolute Gasteiger partial charge is 0.270 e. The minimum atomic E-state index is -0.466. The van der Waals surface area contributed by atoms with E-state index in [-0.39, 0.29) is 10.7 Å². The number of thiocarbonyl (C=S) groups is 1. The van der Waals surface area contributed by atoms with Gasteiger partial charge in [0.2, 0.25) is 0 Å². The zero-order chi connectivity index (χ0) is 15.7. The highest BCUT2D eigenvalue weighted by atomic mass is 32.1. The number of thiophene rings is 1. The molecule has 3 rings (SSSR count). The van der Waals surface area contributed by atoms with Crippen molar-refractivity contribution < 1.29 is 9.59 Å². The highest BCUT2D eigenvalue weighted by Gasteiger charge is 2.34. The largest absolute Gasteiger partial charge is 0.298 e. The second-order valence-electron chi connectivity index (χ2n) is 4.81. The quantitative estimate of drug-likeness (QED) is 0.524. The molecule has 1 N–H and O–H groups in total. The number of amides is 2. The lowest BCUT2D eigenvalue weighted by atomic mass is 10.1. The number of nitrogens with zero attached hydrogens (tertiary/aromatic N) is 1. The normalized spacial score (nSPS) is 17.0. The molecular formula is C16H12N2O2S2. The minimum absolute atomic E-state index is 0.0802. The van der Waals surface area contributed by atoms with E-state index in [1.54, 1.807) is 18.2 Å². The maximum Gasteiger partial charge on any atom is 0.270 e. The molecule has 1 saturated heterocycles. The fraction of sp³-hybridized carbons (Fsp3) is 0.0625. The molecule has 1 aromatic carbocycles. The second kappa shape index (κ2) is 5.82. The molecule has 2 heterocycles. The predicted octanol–water partition coefficient (Wildman–Crippen LogP) is 2.89. The van der Waals surface area contributed by atoms with Crippen LogP contribution in [0.1, 0.15) is 10.4 Å². The van der Waals surface area contributed by atoms with Gasteiger partial charge in [-0.1, -0.05) is 23.8 Å². The van der Waals surface area contributed by atoms with E-state index in [2.05, 4.69) is 5.32 Å². The minimum Gasteiger partial charge on any atom is -0.298 e. The molecule has 0 radical (unpaired) electrons. The maximum absolute atomic E-state index is 12.7. The summed E-state index contributed by atoms with van der Waals surface area (Å²) < 4.78 is 0. The molecule has 2 amide bonds. The van der Waals surface area contributed by atoms with Gasteiger partial charge in [0.25, 0.3) is 11.8 Å². The van der Waals surface area contributed by atoms with Crippen LogP contribution in [0.15, 0.2) is 47.4 Å². The van der Waals surface area contributed by atoms with E-state index in [4.69, 9.17) is 12.2 Å². The van der Waals surface area contributed by atoms with Gasteiger partial charge >= 0.3 is 0 Å². The number of carbonyl (C=O) groups is 2. The number of carbonyl (C=O) groups excluding carboxylic acids is 2. The third-order valence-electron chi connectivity index (χ3n) is 3.22. The van der Waals surface area contributed by atoms with Crippen molar-refractivity contribution in [2.45, 2.75) is 6.92 Å². The van der Waals surface area contributed by atoms with Crippen LogP contribution >= 0.6 is 23.6 Å². The summed E-state index contributed by atoms with van der Waals surface area (Å²) in [5.74, 6) is -0.877. The van der Waals surface area contributed by atoms with Gasteiger partial charge in [0, 0.05) is 4.88 Å². The number of anilines is 1. The van der Waals surface area contributed by atoms with E-state index in [1.807, 2.05) is 36.6 Å². The van der Waals surface area contributed by atoms with Gasteiger partial charge in [0.05, 0.1) is 5.69 Å². The van der Waals surface area contributed by atoms with Crippen LogP contribution in [-0.4, -0.2) is 16.9 Å². The summed E-state index contributed by atoms with van der Waals surface area (Å²) in [5.41, 5.74) is 1.80. The Morgan fingerprint density at radius 3 is 2.55 bits per heavy atom. The standard InChI is InChI=1S/C16H12N2O2S2/c1-10-4-6-11(7-5-10)18-15(20)13(14(19)17-16(18)21)9-12-3-2-8-22-12/h2-9H,1H3,(H,17,19,21)/b13-9+. The number of benzene rings is 1. The summed E-state index contributed by atoms with van der Waals surface area (Å²) in [6, 6.07) is 11.1. The summed E-state index contributed by atoms with van der Waals surface area (Å²) in [7, 11) is 0. The first kappa shape index (κ1) is 14.6. The Bertz CT molecular complexity index is 777. The summed E-state index contributed by atoms with van der Waals surface area (Å²) in [6.07, 6.45) is 1.59. The molecule has 1 aromatic heterocycles.